The lowest BCUT2D eigenvalue weighted by Gasteiger charge is -2.09. The molecule has 0 atom stereocenters. The van der Waals surface area contributed by atoms with Crippen molar-refractivity contribution in [3.8, 4) is 0 Å². The first kappa shape index (κ1) is 9.02. The molecule has 0 aromatic rings. The monoisotopic (exact) mass is 174 g/mol. The van der Waals surface area contributed by atoms with Crippen molar-refractivity contribution < 1.29 is 9.30 Å². The largest absolute Gasteiger partial charge is 0.377 e. The van der Waals surface area contributed by atoms with Gasteiger partial charge >= 0.3 is 0 Å². The first-order valence-corrected chi connectivity index (χ1v) is 6.05. The molecule has 0 amide bonds. The van der Waals surface area contributed by atoms with E-state index in [-0.39, 0.29) is 0 Å². The fourth-order valence-electron chi connectivity index (χ4n) is 1.52. The van der Waals surface area contributed by atoms with Crippen LogP contribution in [0.3, 0.4) is 0 Å². The Bertz CT molecular complexity index is 212. The van der Waals surface area contributed by atoms with Gasteiger partial charge in [-0.05, 0) is 13.8 Å². The molecule has 0 aromatic heterocycles. The molecule has 3 heteroatoms. The average Bonchev–Trinajstić information content (AvgIpc) is 2.08. The van der Waals surface area contributed by atoms with Gasteiger partial charge in [0.25, 0.3) is 0 Å². The van der Waals surface area contributed by atoms with Gasteiger partial charge < -0.3 is 9.30 Å². The molecule has 0 aromatic carbocycles. The van der Waals surface area contributed by atoms with Crippen molar-refractivity contribution in [2.75, 3.05) is 25.8 Å². The zero-order valence-electron chi connectivity index (χ0n) is 7.39. The SMILES string of the molecule is COCP1(=O)CC(C)=C(C)C1. The summed E-state index contributed by atoms with van der Waals surface area (Å²) in [6.45, 7) is 4.12. The second kappa shape index (κ2) is 3.12. The maximum Gasteiger partial charge on any atom is 0.120 e. The molecule has 0 aliphatic carbocycles. The van der Waals surface area contributed by atoms with Crippen molar-refractivity contribution in [2.45, 2.75) is 13.8 Å². The van der Waals surface area contributed by atoms with E-state index in [0.717, 1.165) is 12.3 Å². The standard InChI is InChI=1S/C8H15O2P/c1-7-4-11(9,6-10-3)5-8(7)2/h4-6H2,1-3H3. The third-order valence-electron chi connectivity index (χ3n) is 2.14. The minimum Gasteiger partial charge on any atom is -0.377 e. The lowest BCUT2D eigenvalue weighted by atomic mass is 10.2. The van der Waals surface area contributed by atoms with Crippen LogP contribution in [0.5, 0.6) is 0 Å². The Labute approximate surface area is 68.0 Å². The molecular weight excluding hydrogens is 159 g/mol. The third-order valence-corrected chi connectivity index (χ3v) is 4.97. The number of hydrogen-bond acceptors (Lipinski definition) is 2. The fraction of sp³-hybridized carbons (Fsp3) is 0.750. The van der Waals surface area contributed by atoms with E-state index in [2.05, 4.69) is 13.8 Å². The van der Waals surface area contributed by atoms with E-state index in [9.17, 15) is 4.57 Å². The highest BCUT2D eigenvalue weighted by Gasteiger charge is 2.29. The Morgan fingerprint density at radius 3 is 2.18 bits per heavy atom. The van der Waals surface area contributed by atoms with Crippen molar-refractivity contribution in [3.63, 3.8) is 0 Å². The van der Waals surface area contributed by atoms with E-state index in [1.54, 1.807) is 7.11 Å². The van der Waals surface area contributed by atoms with Crippen LogP contribution < -0.4 is 0 Å². The van der Waals surface area contributed by atoms with Gasteiger partial charge in [0.1, 0.15) is 7.14 Å². The number of hydrogen-bond donors (Lipinski definition) is 0. The first-order chi connectivity index (χ1) is 5.07. The quantitative estimate of drug-likeness (QED) is 0.474. The molecule has 1 heterocycles. The topological polar surface area (TPSA) is 26.3 Å². The van der Waals surface area contributed by atoms with Crippen molar-refractivity contribution in [3.05, 3.63) is 11.1 Å². The van der Waals surface area contributed by atoms with E-state index < -0.39 is 7.14 Å². The van der Waals surface area contributed by atoms with Crippen LogP contribution in [0.2, 0.25) is 0 Å². The van der Waals surface area contributed by atoms with Gasteiger partial charge in [0.2, 0.25) is 0 Å². The summed E-state index contributed by atoms with van der Waals surface area (Å²) in [7, 11) is -0.365. The Kier molecular flexibility index (Phi) is 2.56. The van der Waals surface area contributed by atoms with Crippen LogP contribution in [0.1, 0.15) is 13.8 Å². The van der Waals surface area contributed by atoms with E-state index in [0.29, 0.717) is 6.35 Å². The summed E-state index contributed by atoms with van der Waals surface area (Å²) >= 11 is 0. The molecule has 1 rings (SSSR count). The molecule has 0 fully saturated rings. The highest BCUT2D eigenvalue weighted by atomic mass is 31.2. The number of allylic oxidation sites excluding steroid dienone is 2. The molecule has 0 bridgehead atoms. The minimum atomic E-state index is -1.98. The molecule has 11 heavy (non-hydrogen) atoms. The van der Waals surface area contributed by atoms with Gasteiger partial charge in [0, 0.05) is 19.4 Å². The van der Waals surface area contributed by atoms with Crippen LogP contribution in [0.25, 0.3) is 0 Å². The predicted octanol–water partition coefficient (Wildman–Crippen LogP) is 2.30. The molecule has 1 aliphatic heterocycles. The molecule has 2 nitrogen and oxygen atoms in total. The second-order valence-corrected chi connectivity index (χ2v) is 6.36. The summed E-state index contributed by atoms with van der Waals surface area (Å²) in [4.78, 5) is 0. The fourth-order valence-corrected chi connectivity index (χ4v) is 4.55. The van der Waals surface area contributed by atoms with E-state index in [1.165, 1.54) is 11.1 Å². The van der Waals surface area contributed by atoms with Crippen molar-refractivity contribution in [1.29, 1.82) is 0 Å². The maximum absolute atomic E-state index is 11.9. The minimum absolute atomic E-state index is 0.446. The van der Waals surface area contributed by atoms with Gasteiger partial charge in [-0.15, -0.1) is 0 Å². The van der Waals surface area contributed by atoms with Crippen LogP contribution in [0.15, 0.2) is 11.1 Å². The molecule has 64 valence electrons. The Balaban J connectivity index is 2.65. The average molecular weight is 174 g/mol. The van der Waals surface area contributed by atoms with Crippen LogP contribution in [-0.2, 0) is 9.30 Å². The summed E-state index contributed by atoms with van der Waals surface area (Å²) in [5.74, 6) is 0. The van der Waals surface area contributed by atoms with Gasteiger partial charge in [-0.2, -0.15) is 0 Å². The molecule has 0 saturated heterocycles. The molecule has 0 N–H and O–H groups in total. The van der Waals surface area contributed by atoms with E-state index in [1.807, 2.05) is 0 Å². The van der Waals surface area contributed by atoms with Crippen LogP contribution in [0.4, 0.5) is 0 Å². The van der Waals surface area contributed by atoms with Crippen molar-refractivity contribution in [2.24, 2.45) is 0 Å². The van der Waals surface area contributed by atoms with Crippen molar-refractivity contribution in [1.82, 2.24) is 0 Å². The number of ether oxygens (including phenoxy) is 1. The first-order valence-electron chi connectivity index (χ1n) is 3.79. The Hall–Kier alpha value is -0.0700. The van der Waals surface area contributed by atoms with Crippen LogP contribution >= 0.6 is 7.14 Å². The van der Waals surface area contributed by atoms with Crippen molar-refractivity contribution >= 4 is 7.14 Å². The Morgan fingerprint density at radius 2 is 1.82 bits per heavy atom. The molecule has 0 unspecified atom stereocenters. The summed E-state index contributed by atoms with van der Waals surface area (Å²) in [6, 6.07) is 0. The van der Waals surface area contributed by atoms with Gasteiger partial charge in [-0.3, -0.25) is 0 Å². The second-order valence-electron chi connectivity index (χ2n) is 3.35. The summed E-state index contributed by atoms with van der Waals surface area (Å²) in [6.07, 6.45) is 1.99. The normalized spacial score (nSPS) is 22.8. The molecule has 1 aliphatic rings. The van der Waals surface area contributed by atoms with Gasteiger partial charge in [-0.25, -0.2) is 0 Å². The third kappa shape index (κ3) is 1.94. The zero-order valence-corrected chi connectivity index (χ0v) is 8.28. The van der Waals surface area contributed by atoms with Crippen LogP contribution in [-0.4, -0.2) is 25.8 Å². The molecule has 0 spiro atoms. The zero-order chi connectivity index (χ0) is 8.48. The predicted molar refractivity (Wildman–Crippen MR) is 47.6 cm³/mol. The summed E-state index contributed by atoms with van der Waals surface area (Å²) < 4.78 is 16.8. The highest BCUT2D eigenvalue weighted by Crippen LogP contribution is 2.53. The number of methoxy groups -OCH3 is 1. The molecule has 0 saturated carbocycles. The smallest absolute Gasteiger partial charge is 0.120 e. The van der Waals surface area contributed by atoms with Crippen LogP contribution in [0, 0.1) is 0 Å². The lowest BCUT2D eigenvalue weighted by Crippen LogP contribution is -1.95. The van der Waals surface area contributed by atoms with E-state index in [4.69, 9.17) is 4.74 Å². The van der Waals surface area contributed by atoms with Gasteiger partial charge in [0.05, 0.1) is 6.35 Å². The summed E-state index contributed by atoms with van der Waals surface area (Å²) in [5, 5.41) is 0. The lowest BCUT2D eigenvalue weighted by molar-refractivity contribution is 0.249. The maximum atomic E-state index is 11.9. The van der Waals surface area contributed by atoms with Gasteiger partial charge in [0.15, 0.2) is 0 Å². The highest BCUT2D eigenvalue weighted by molar-refractivity contribution is 7.64. The summed E-state index contributed by atoms with van der Waals surface area (Å²) in [5.41, 5.74) is 2.59. The van der Waals surface area contributed by atoms with E-state index >= 15 is 0 Å². The Morgan fingerprint density at radius 1 is 1.36 bits per heavy atom. The number of rotatable bonds is 2. The molecular formula is C8H15O2P. The molecule has 0 radical (unpaired) electrons. The van der Waals surface area contributed by atoms with Gasteiger partial charge in [-0.1, -0.05) is 11.1 Å².